The SMILES string of the molecule is O=C(O)C1NCC/C1=N/OCc1ccc(Cl)c(Cl)c1. The minimum atomic E-state index is -0.950. The lowest BCUT2D eigenvalue weighted by Gasteiger charge is -2.06. The van der Waals surface area contributed by atoms with Gasteiger partial charge in [0.2, 0.25) is 0 Å². The number of oxime groups is 1. The topological polar surface area (TPSA) is 70.9 Å². The number of benzene rings is 1. The second-order valence-electron chi connectivity index (χ2n) is 4.08. The van der Waals surface area contributed by atoms with Gasteiger partial charge in [-0.1, -0.05) is 34.4 Å². The largest absolute Gasteiger partial charge is 0.480 e. The van der Waals surface area contributed by atoms with E-state index in [-0.39, 0.29) is 6.61 Å². The molecule has 2 N–H and O–H groups in total. The lowest BCUT2D eigenvalue weighted by molar-refractivity contribution is -0.137. The Balaban J connectivity index is 1.95. The molecular formula is C12H12Cl2N2O3. The van der Waals surface area contributed by atoms with Crippen molar-refractivity contribution in [2.45, 2.75) is 19.1 Å². The molecule has 0 spiro atoms. The molecule has 2 rings (SSSR count). The van der Waals surface area contributed by atoms with Crippen LogP contribution in [0.4, 0.5) is 0 Å². The molecule has 0 aromatic heterocycles. The Kier molecular flexibility index (Phi) is 4.63. The van der Waals surface area contributed by atoms with Crippen LogP contribution in [0.5, 0.6) is 0 Å². The zero-order chi connectivity index (χ0) is 13.8. The van der Waals surface area contributed by atoms with Crippen LogP contribution in [0, 0.1) is 0 Å². The van der Waals surface area contributed by atoms with Crippen LogP contribution in [0.2, 0.25) is 10.0 Å². The van der Waals surface area contributed by atoms with Crippen LogP contribution in [0.25, 0.3) is 0 Å². The summed E-state index contributed by atoms with van der Waals surface area (Å²) in [7, 11) is 0. The number of nitrogens with zero attached hydrogens (tertiary/aromatic N) is 1. The number of hydrogen-bond donors (Lipinski definition) is 2. The quantitative estimate of drug-likeness (QED) is 0.837. The van der Waals surface area contributed by atoms with Crippen molar-refractivity contribution < 1.29 is 14.7 Å². The Morgan fingerprint density at radius 3 is 2.95 bits per heavy atom. The second-order valence-corrected chi connectivity index (χ2v) is 4.89. The molecule has 1 aromatic carbocycles. The number of nitrogens with one attached hydrogen (secondary N) is 1. The summed E-state index contributed by atoms with van der Waals surface area (Å²) in [5.74, 6) is -0.950. The van der Waals surface area contributed by atoms with Gasteiger partial charge in [-0.05, 0) is 17.7 Å². The van der Waals surface area contributed by atoms with Crippen LogP contribution >= 0.6 is 23.2 Å². The summed E-state index contributed by atoms with van der Waals surface area (Å²) >= 11 is 11.7. The summed E-state index contributed by atoms with van der Waals surface area (Å²) < 4.78 is 0. The number of hydrogen-bond acceptors (Lipinski definition) is 4. The maximum absolute atomic E-state index is 10.9. The predicted octanol–water partition coefficient (Wildman–Crippen LogP) is 2.31. The van der Waals surface area contributed by atoms with Crippen molar-refractivity contribution >= 4 is 34.9 Å². The predicted molar refractivity (Wildman–Crippen MR) is 72.7 cm³/mol. The van der Waals surface area contributed by atoms with E-state index in [0.717, 1.165) is 5.56 Å². The molecule has 1 atom stereocenters. The number of aliphatic carboxylic acids is 1. The van der Waals surface area contributed by atoms with Gasteiger partial charge >= 0.3 is 5.97 Å². The Hall–Kier alpha value is -1.30. The molecule has 1 fully saturated rings. The molecular weight excluding hydrogens is 291 g/mol. The van der Waals surface area contributed by atoms with Crippen LogP contribution in [-0.4, -0.2) is 29.4 Å². The Labute approximate surface area is 120 Å². The van der Waals surface area contributed by atoms with Crippen molar-refractivity contribution in [1.29, 1.82) is 0 Å². The molecule has 1 aliphatic rings. The average molecular weight is 303 g/mol. The van der Waals surface area contributed by atoms with E-state index in [1.165, 1.54) is 0 Å². The molecule has 1 aliphatic heterocycles. The van der Waals surface area contributed by atoms with Gasteiger partial charge in [0.1, 0.15) is 12.6 Å². The molecule has 19 heavy (non-hydrogen) atoms. The van der Waals surface area contributed by atoms with Crippen LogP contribution < -0.4 is 5.32 Å². The number of halogens is 2. The summed E-state index contributed by atoms with van der Waals surface area (Å²) in [5, 5.41) is 16.5. The molecule has 0 aliphatic carbocycles. The highest BCUT2D eigenvalue weighted by Gasteiger charge is 2.29. The van der Waals surface area contributed by atoms with Gasteiger partial charge < -0.3 is 9.94 Å². The standard InChI is InChI=1S/C12H12Cl2N2O3/c13-8-2-1-7(5-9(8)14)6-19-16-10-3-4-15-11(10)12(17)18/h1-2,5,11,15H,3-4,6H2,(H,17,18)/b16-10-. The van der Waals surface area contributed by atoms with E-state index in [4.69, 9.17) is 33.1 Å². The van der Waals surface area contributed by atoms with Crippen molar-refractivity contribution in [3.8, 4) is 0 Å². The van der Waals surface area contributed by atoms with Crippen molar-refractivity contribution in [1.82, 2.24) is 5.32 Å². The number of carboxylic acid groups (broad SMARTS) is 1. The van der Waals surface area contributed by atoms with Crippen LogP contribution in [-0.2, 0) is 16.2 Å². The summed E-state index contributed by atoms with van der Waals surface area (Å²) in [6, 6.07) is 4.38. The first kappa shape index (κ1) is 14.1. The van der Waals surface area contributed by atoms with E-state index in [9.17, 15) is 4.79 Å². The molecule has 1 heterocycles. The fourth-order valence-corrected chi connectivity index (χ4v) is 2.07. The van der Waals surface area contributed by atoms with Crippen LogP contribution in [0.3, 0.4) is 0 Å². The lowest BCUT2D eigenvalue weighted by Crippen LogP contribution is -2.35. The van der Waals surface area contributed by atoms with Gasteiger partial charge in [0.15, 0.2) is 0 Å². The van der Waals surface area contributed by atoms with Gasteiger partial charge in [-0.25, -0.2) is 0 Å². The van der Waals surface area contributed by atoms with E-state index in [0.29, 0.717) is 28.7 Å². The van der Waals surface area contributed by atoms with Gasteiger partial charge in [-0.15, -0.1) is 0 Å². The minimum Gasteiger partial charge on any atom is -0.480 e. The monoisotopic (exact) mass is 302 g/mol. The van der Waals surface area contributed by atoms with E-state index in [1.807, 2.05) is 0 Å². The van der Waals surface area contributed by atoms with Gasteiger partial charge in [-0.3, -0.25) is 10.1 Å². The summed E-state index contributed by atoms with van der Waals surface area (Å²) in [6.45, 7) is 0.804. The second kappa shape index (κ2) is 6.23. The summed E-state index contributed by atoms with van der Waals surface area (Å²) in [5.41, 5.74) is 1.31. The smallest absolute Gasteiger partial charge is 0.326 e. The molecule has 5 nitrogen and oxygen atoms in total. The molecule has 0 bridgehead atoms. The maximum Gasteiger partial charge on any atom is 0.326 e. The van der Waals surface area contributed by atoms with Gasteiger partial charge in [0.05, 0.1) is 15.8 Å². The van der Waals surface area contributed by atoms with Gasteiger partial charge in [0.25, 0.3) is 0 Å². The Bertz CT molecular complexity index is 520. The molecule has 0 saturated carbocycles. The van der Waals surface area contributed by atoms with Crippen molar-refractivity contribution in [2.75, 3.05) is 6.54 Å². The summed E-state index contributed by atoms with van der Waals surface area (Å²) in [6.07, 6.45) is 0.568. The highest BCUT2D eigenvalue weighted by Crippen LogP contribution is 2.22. The third kappa shape index (κ3) is 3.59. The van der Waals surface area contributed by atoms with Crippen molar-refractivity contribution in [3.63, 3.8) is 0 Å². The molecule has 0 radical (unpaired) electrons. The maximum atomic E-state index is 10.9. The average Bonchev–Trinajstić information content (AvgIpc) is 2.82. The molecule has 1 saturated heterocycles. The molecule has 1 unspecified atom stereocenters. The third-order valence-electron chi connectivity index (χ3n) is 2.71. The van der Waals surface area contributed by atoms with Crippen LogP contribution in [0.1, 0.15) is 12.0 Å². The minimum absolute atomic E-state index is 0.215. The van der Waals surface area contributed by atoms with Crippen LogP contribution in [0.15, 0.2) is 23.4 Å². The Morgan fingerprint density at radius 2 is 2.26 bits per heavy atom. The number of carbonyl (C=O) groups is 1. The molecule has 1 aromatic rings. The first-order valence-corrected chi connectivity index (χ1v) is 6.42. The first-order chi connectivity index (χ1) is 9.08. The van der Waals surface area contributed by atoms with Crippen molar-refractivity contribution in [2.24, 2.45) is 5.16 Å². The Morgan fingerprint density at radius 1 is 1.47 bits per heavy atom. The lowest BCUT2D eigenvalue weighted by atomic mass is 10.2. The number of carboxylic acids is 1. The highest BCUT2D eigenvalue weighted by molar-refractivity contribution is 6.42. The van der Waals surface area contributed by atoms with E-state index >= 15 is 0 Å². The first-order valence-electron chi connectivity index (χ1n) is 5.67. The van der Waals surface area contributed by atoms with Gasteiger partial charge in [-0.2, -0.15) is 0 Å². The molecule has 102 valence electrons. The zero-order valence-electron chi connectivity index (χ0n) is 9.90. The summed E-state index contributed by atoms with van der Waals surface area (Å²) in [4.78, 5) is 16.1. The van der Waals surface area contributed by atoms with E-state index in [2.05, 4.69) is 10.5 Å². The molecule has 0 amide bonds. The van der Waals surface area contributed by atoms with E-state index in [1.54, 1.807) is 18.2 Å². The molecule has 7 heteroatoms. The highest BCUT2D eigenvalue weighted by atomic mass is 35.5. The van der Waals surface area contributed by atoms with Gasteiger partial charge in [0, 0.05) is 13.0 Å². The fourth-order valence-electron chi connectivity index (χ4n) is 1.75. The van der Waals surface area contributed by atoms with E-state index < -0.39 is 12.0 Å². The normalized spacial score (nSPS) is 20.7. The third-order valence-corrected chi connectivity index (χ3v) is 3.45. The number of rotatable bonds is 4. The van der Waals surface area contributed by atoms with Crippen molar-refractivity contribution in [3.05, 3.63) is 33.8 Å². The fraction of sp³-hybridized carbons (Fsp3) is 0.333. The zero-order valence-corrected chi connectivity index (χ0v) is 11.4.